The van der Waals surface area contributed by atoms with Crippen molar-refractivity contribution in [1.29, 1.82) is 0 Å². The highest BCUT2D eigenvalue weighted by Crippen LogP contribution is 2.13. The van der Waals surface area contributed by atoms with Crippen LogP contribution in [0.15, 0.2) is 0 Å². The Bertz CT molecular complexity index is 256. The topological polar surface area (TPSA) is 67.4 Å². The maximum absolute atomic E-state index is 11.9. The molecule has 16 heavy (non-hydrogen) atoms. The predicted molar refractivity (Wildman–Crippen MR) is 59.8 cm³/mol. The van der Waals surface area contributed by atoms with Gasteiger partial charge in [-0.1, -0.05) is 6.92 Å². The second-order valence-electron chi connectivity index (χ2n) is 3.84. The van der Waals surface area contributed by atoms with Gasteiger partial charge in [-0.2, -0.15) is 0 Å². The van der Waals surface area contributed by atoms with E-state index in [9.17, 15) is 9.59 Å². The van der Waals surface area contributed by atoms with E-state index in [0.717, 1.165) is 13.0 Å². The lowest BCUT2D eigenvalue weighted by Gasteiger charge is -2.28. The van der Waals surface area contributed by atoms with Gasteiger partial charge in [0.25, 0.3) is 0 Å². The molecule has 0 radical (unpaired) electrons. The molecule has 2 N–H and O–H groups in total. The van der Waals surface area contributed by atoms with Crippen molar-refractivity contribution < 1.29 is 14.3 Å². The first-order chi connectivity index (χ1) is 7.70. The second kappa shape index (κ2) is 6.60. The molecule has 1 aliphatic rings. The van der Waals surface area contributed by atoms with Gasteiger partial charge in [-0.25, -0.2) is 0 Å². The molecule has 1 heterocycles. The largest absolute Gasteiger partial charge is 0.465 e. The lowest BCUT2D eigenvalue weighted by Crippen LogP contribution is -2.56. The van der Waals surface area contributed by atoms with Gasteiger partial charge in [0.2, 0.25) is 0 Å². The van der Waals surface area contributed by atoms with Gasteiger partial charge in [0.15, 0.2) is 5.78 Å². The molecule has 5 heteroatoms. The van der Waals surface area contributed by atoms with Gasteiger partial charge in [-0.05, 0) is 32.9 Å². The molecule has 1 aliphatic heterocycles. The number of hydrogen-bond donors (Lipinski definition) is 2. The van der Waals surface area contributed by atoms with Gasteiger partial charge in [0, 0.05) is 0 Å². The number of ether oxygens (including phenoxy) is 1. The Balaban J connectivity index is 2.53. The number of esters is 1. The summed E-state index contributed by atoms with van der Waals surface area (Å²) in [7, 11) is 0. The number of hydrogen-bond acceptors (Lipinski definition) is 5. The maximum atomic E-state index is 11.9. The van der Waals surface area contributed by atoms with Gasteiger partial charge in [-0.15, -0.1) is 0 Å². The van der Waals surface area contributed by atoms with Crippen LogP contribution in [0.25, 0.3) is 0 Å². The van der Waals surface area contributed by atoms with Crippen molar-refractivity contribution in [2.75, 3.05) is 19.7 Å². The van der Waals surface area contributed by atoms with Crippen LogP contribution < -0.4 is 10.6 Å². The van der Waals surface area contributed by atoms with Gasteiger partial charge < -0.3 is 4.74 Å². The maximum Gasteiger partial charge on any atom is 0.316 e. The molecule has 2 atom stereocenters. The molecule has 0 aromatic heterocycles. The lowest BCUT2D eigenvalue weighted by molar-refractivity contribution is -0.153. The van der Waals surface area contributed by atoms with E-state index in [1.54, 1.807) is 6.92 Å². The predicted octanol–water partition coefficient (Wildman–Crippen LogP) is 0.0538. The van der Waals surface area contributed by atoms with E-state index >= 15 is 0 Å². The molecule has 1 rings (SSSR count). The van der Waals surface area contributed by atoms with Crippen LogP contribution in [-0.4, -0.2) is 37.6 Å². The summed E-state index contributed by atoms with van der Waals surface area (Å²) in [6.07, 6.45) is 1.08. The molecule has 0 aliphatic carbocycles. The molecule has 0 aromatic carbocycles. The van der Waals surface area contributed by atoms with Crippen LogP contribution in [-0.2, 0) is 14.3 Å². The lowest BCUT2D eigenvalue weighted by atomic mass is 9.94. The zero-order chi connectivity index (χ0) is 12.0. The SMILES string of the molecule is CCCN[C@H]1NCCC(C(=O)OCC)C1=O. The van der Waals surface area contributed by atoms with E-state index in [1.165, 1.54) is 0 Å². The molecule has 0 saturated carbocycles. The summed E-state index contributed by atoms with van der Waals surface area (Å²) in [4.78, 5) is 23.5. The minimum Gasteiger partial charge on any atom is -0.465 e. The molecule has 1 fully saturated rings. The summed E-state index contributed by atoms with van der Waals surface area (Å²) in [6.45, 7) is 5.53. The molecule has 1 saturated heterocycles. The quantitative estimate of drug-likeness (QED) is 0.514. The molecule has 0 bridgehead atoms. The van der Waals surface area contributed by atoms with Crippen molar-refractivity contribution in [3.63, 3.8) is 0 Å². The molecule has 5 nitrogen and oxygen atoms in total. The van der Waals surface area contributed by atoms with Crippen LogP contribution in [0.1, 0.15) is 26.7 Å². The van der Waals surface area contributed by atoms with Crippen LogP contribution >= 0.6 is 0 Å². The van der Waals surface area contributed by atoms with Crippen LogP contribution in [0.4, 0.5) is 0 Å². The number of carbonyl (C=O) groups excluding carboxylic acids is 2. The summed E-state index contributed by atoms with van der Waals surface area (Å²) < 4.78 is 4.89. The zero-order valence-electron chi connectivity index (χ0n) is 9.91. The van der Waals surface area contributed by atoms with Crippen LogP contribution in [0, 0.1) is 5.92 Å². The third kappa shape index (κ3) is 3.28. The van der Waals surface area contributed by atoms with Crippen molar-refractivity contribution in [3.8, 4) is 0 Å². The molecule has 0 amide bonds. The minimum absolute atomic E-state index is 0.0989. The summed E-state index contributed by atoms with van der Waals surface area (Å²) in [5.41, 5.74) is 0. The van der Waals surface area contributed by atoms with Crippen molar-refractivity contribution in [2.24, 2.45) is 5.92 Å². The van der Waals surface area contributed by atoms with Gasteiger partial charge in [-0.3, -0.25) is 20.2 Å². The highest BCUT2D eigenvalue weighted by Gasteiger charge is 2.36. The number of Topliss-reactive ketones (excluding diaryl/α,β-unsaturated/α-hetero) is 1. The van der Waals surface area contributed by atoms with E-state index in [0.29, 0.717) is 19.6 Å². The first kappa shape index (κ1) is 13.1. The molecule has 0 aromatic rings. The fourth-order valence-electron chi connectivity index (χ4n) is 1.75. The summed E-state index contributed by atoms with van der Waals surface area (Å²) >= 11 is 0. The number of ketones is 1. The van der Waals surface area contributed by atoms with Gasteiger partial charge in [0.1, 0.15) is 12.1 Å². The van der Waals surface area contributed by atoms with Crippen LogP contribution in [0.3, 0.4) is 0 Å². The number of piperidine rings is 1. The monoisotopic (exact) mass is 228 g/mol. The normalized spacial score (nSPS) is 25.5. The van der Waals surface area contributed by atoms with Crippen molar-refractivity contribution in [2.45, 2.75) is 32.9 Å². The highest BCUT2D eigenvalue weighted by molar-refractivity contribution is 6.02. The van der Waals surface area contributed by atoms with Crippen molar-refractivity contribution in [1.82, 2.24) is 10.6 Å². The Labute approximate surface area is 95.9 Å². The van der Waals surface area contributed by atoms with Gasteiger partial charge >= 0.3 is 5.97 Å². The third-order valence-corrected chi connectivity index (χ3v) is 2.58. The smallest absolute Gasteiger partial charge is 0.316 e. The average Bonchev–Trinajstić information content (AvgIpc) is 2.28. The van der Waals surface area contributed by atoms with E-state index in [2.05, 4.69) is 10.6 Å². The fraction of sp³-hybridized carbons (Fsp3) is 0.818. The third-order valence-electron chi connectivity index (χ3n) is 2.58. The standard InChI is InChI=1S/C11H20N2O3/c1-3-6-12-10-9(14)8(5-7-13-10)11(15)16-4-2/h8,10,12-13H,3-7H2,1-2H3/t8?,10-/m0/s1. The summed E-state index contributed by atoms with van der Waals surface area (Å²) in [6, 6.07) is 0. The Morgan fingerprint density at radius 3 is 2.94 bits per heavy atom. The number of rotatable bonds is 5. The van der Waals surface area contributed by atoms with Crippen molar-refractivity contribution in [3.05, 3.63) is 0 Å². The fourth-order valence-corrected chi connectivity index (χ4v) is 1.75. The van der Waals surface area contributed by atoms with E-state index < -0.39 is 18.1 Å². The Morgan fingerprint density at radius 2 is 2.31 bits per heavy atom. The van der Waals surface area contributed by atoms with E-state index in [4.69, 9.17) is 4.74 Å². The molecule has 92 valence electrons. The molecular weight excluding hydrogens is 208 g/mol. The Hall–Kier alpha value is -0.940. The summed E-state index contributed by atoms with van der Waals surface area (Å²) in [5, 5.41) is 6.14. The van der Waals surface area contributed by atoms with Crippen LogP contribution in [0.2, 0.25) is 0 Å². The minimum atomic E-state index is -0.601. The summed E-state index contributed by atoms with van der Waals surface area (Å²) in [5.74, 6) is -1.09. The Kier molecular flexibility index (Phi) is 5.42. The highest BCUT2D eigenvalue weighted by atomic mass is 16.5. The number of carbonyl (C=O) groups is 2. The van der Waals surface area contributed by atoms with Gasteiger partial charge in [0.05, 0.1) is 6.61 Å². The van der Waals surface area contributed by atoms with E-state index in [-0.39, 0.29) is 5.78 Å². The zero-order valence-corrected chi connectivity index (χ0v) is 9.91. The van der Waals surface area contributed by atoms with Crippen LogP contribution in [0.5, 0.6) is 0 Å². The first-order valence-electron chi connectivity index (χ1n) is 5.87. The average molecular weight is 228 g/mol. The molecule has 0 spiro atoms. The number of nitrogens with one attached hydrogen (secondary N) is 2. The molecule has 1 unspecified atom stereocenters. The molecular formula is C11H20N2O3. The first-order valence-corrected chi connectivity index (χ1v) is 5.87. The van der Waals surface area contributed by atoms with Crippen molar-refractivity contribution >= 4 is 11.8 Å². The van der Waals surface area contributed by atoms with E-state index in [1.807, 2.05) is 6.92 Å². The second-order valence-corrected chi connectivity index (χ2v) is 3.84. The Morgan fingerprint density at radius 1 is 1.56 bits per heavy atom.